The van der Waals surface area contributed by atoms with Gasteiger partial charge in [0.1, 0.15) is 0 Å². The van der Waals surface area contributed by atoms with Crippen molar-refractivity contribution in [1.82, 2.24) is 4.90 Å². The Hall–Kier alpha value is -2.66. The first-order chi connectivity index (χ1) is 13.0. The fraction of sp³-hybridized carbons (Fsp3) is 0.364. The minimum absolute atomic E-state index is 0.000188. The van der Waals surface area contributed by atoms with E-state index in [1.165, 1.54) is 0 Å². The maximum Gasteiger partial charge on any atom is 0.253 e. The first-order valence-electron chi connectivity index (χ1n) is 9.43. The lowest BCUT2D eigenvalue weighted by Gasteiger charge is -2.32. The van der Waals surface area contributed by atoms with Crippen LogP contribution < -0.4 is 10.6 Å². The molecule has 1 fully saturated rings. The van der Waals surface area contributed by atoms with E-state index in [2.05, 4.69) is 0 Å². The molecule has 142 valence electrons. The second kappa shape index (κ2) is 8.35. The SMILES string of the molecule is CC(=O)N(C)c1ccc(-c2ccc(C(=O)N3CCCC(CN)C3)cc2)cc1. The fourth-order valence-electron chi connectivity index (χ4n) is 3.49. The molecule has 1 heterocycles. The number of piperidine rings is 1. The van der Waals surface area contributed by atoms with Gasteiger partial charge in [0.05, 0.1) is 0 Å². The van der Waals surface area contributed by atoms with E-state index in [0.29, 0.717) is 18.0 Å². The van der Waals surface area contributed by atoms with Gasteiger partial charge in [-0.1, -0.05) is 24.3 Å². The smallest absolute Gasteiger partial charge is 0.253 e. The number of hydrogen-bond donors (Lipinski definition) is 1. The molecule has 1 aliphatic rings. The van der Waals surface area contributed by atoms with E-state index in [-0.39, 0.29) is 11.8 Å². The molecule has 27 heavy (non-hydrogen) atoms. The maximum atomic E-state index is 12.7. The van der Waals surface area contributed by atoms with Crippen molar-refractivity contribution in [2.75, 3.05) is 31.6 Å². The van der Waals surface area contributed by atoms with Crippen molar-refractivity contribution in [3.63, 3.8) is 0 Å². The van der Waals surface area contributed by atoms with Gasteiger partial charge in [0.2, 0.25) is 5.91 Å². The number of carbonyl (C=O) groups excluding carboxylic acids is 2. The Balaban J connectivity index is 1.71. The Morgan fingerprint density at radius 1 is 1.07 bits per heavy atom. The highest BCUT2D eigenvalue weighted by molar-refractivity contribution is 5.95. The van der Waals surface area contributed by atoms with Gasteiger partial charge in [-0.25, -0.2) is 0 Å². The van der Waals surface area contributed by atoms with E-state index in [4.69, 9.17) is 5.73 Å². The normalized spacial score (nSPS) is 16.9. The number of likely N-dealkylation sites (tertiary alicyclic amines) is 1. The van der Waals surface area contributed by atoms with Gasteiger partial charge in [-0.2, -0.15) is 0 Å². The highest BCUT2D eigenvalue weighted by Crippen LogP contribution is 2.24. The van der Waals surface area contributed by atoms with E-state index >= 15 is 0 Å². The van der Waals surface area contributed by atoms with E-state index in [0.717, 1.165) is 42.7 Å². The van der Waals surface area contributed by atoms with Crippen LogP contribution in [0.15, 0.2) is 48.5 Å². The van der Waals surface area contributed by atoms with Gasteiger partial charge in [-0.05, 0) is 60.7 Å². The van der Waals surface area contributed by atoms with Crippen LogP contribution in [-0.4, -0.2) is 43.4 Å². The highest BCUT2D eigenvalue weighted by atomic mass is 16.2. The van der Waals surface area contributed by atoms with Crippen LogP contribution in [0.1, 0.15) is 30.1 Å². The maximum absolute atomic E-state index is 12.7. The topological polar surface area (TPSA) is 66.6 Å². The molecule has 5 nitrogen and oxygen atoms in total. The molecule has 0 spiro atoms. The minimum Gasteiger partial charge on any atom is -0.338 e. The molecule has 1 aliphatic heterocycles. The molecule has 0 saturated carbocycles. The Kier molecular flexibility index (Phi) is 5.91. The van der Waals surface area contributed by atoms with Crippen molar-refractivity contribution in [2.24, 2.45) is 11.7 Å². The van der Waals surface area contributed by atoms with Crippen LogP contribution in [0.3, 0.4) is 0 Å². The number of hydrogen-bond acceptors (Lipinski definition) is 3. The van der Waals surface area contributed by atoms with Gasteiger partial charge in [-0.3, -0.25) is 9.59 Å². The Labute approximate surface area is 160 Å². The van der Waals surface area contributed by atoms with Crippen molar-refractivity contribution in [1.29, 1.82) is 0 Å². The number of nitrogens with two attached hydrogens (primary N) is 1. The van der Waals surface area contributed by atoms with Crippen molar-refractivity contribution >= 4 is 17.5 Å². The first kappa shape index (κ1) is 19.1. The van der Waals surface area contributed by atoms with Gasteiger partial charge >= 0.3 is 0 Å². The zero-order chi connectivity index (χ0) is 19.4. The van der Waals surface area contributed by atoms with E-state index in [1.54, 1.807) is 18.9 Å². The average Bonchev–Trinajstić information content (AvgIpc) is 2.73. The summed E-state index contributed by atoms with van der Waals surface area (Å²) in [4.78, 5) is 27.7. The Morgan fingerprint density at radius 2 is 1.67 bits per heavy atom. The minimum atomic E-state index is 0.000188. The number of nitrogens with zero attached hydrogens (tertiary/aromatic N) is 2. The first-order valence-corrected chi connectivity index (χ1v) is 9.43. The van der Waals surface area contributed by atoms with Gasteiger partial charge in [0.15, 0.2) is 0 Å². The second-order valence-corrected chi connectivity index (χ2v) is 7.20. The predicted molar refractivity (Wildman–Crippen MR) is 109 cm³/mol. The van der Waals surface area contributed by atoms with Gasteiger partial charge in [0, 0.05) is 38.3 Å². The Morgan fingerprint density at radius 3 is 2.22 bits per heavy atom. The molecular formula is C22H27N3O2. The van der Waals surface area contributed by atoms with Crippen molar-refractivity contribution in [3.8, 4) is 11.1 Å². The number of benzene rings is 2. The number of anilines is 1. The molecular weight excluding hydrogens is 338 g/mol. The van der Waals surface area contributed by atoms with Crippen LogP contribution in [-0.2, 0) is 4.79 Å². The third-order valence-electron chi connectivity index (χ3n) is 5.33. The number of carbonyl (C=O) groups is 2. The molecule has 0 radical (unpaired) electrons. The number of amides is 2. The van der Waals surface area contributed by atoms with Crippen molar-refractivity contribution in [3.05, 3.63) is 54.1 Å². The average molecular weight is 365 g/mol. The number of rotatable bonds is 4. The van der Waals surface area contributed by atoms with Crippen LogP contribution in [0, 0.1) is 5.92 Å². The molecule has 1 saturated heterocycles. The zero-order valence-electron chi connectivity index (χ0n) is 16.0. The van der Waals surface area contributed by atoms with Crippen LogP contribution in [0.2, 0.25) is 0 Å². The Bertz CT molecular complexity index is 799. The lowest BCUT2D eigenvalue weighted by Crippen LogP contribution is -2.42. The summed E-state index contributed by atoms with van der Waals surface area (Å²) in [5.74, 6) is 0.493. The van der Waals surface area contributed by atoms with E-state index in [1.807, 2.05) is 53.4 Å². The van der Waals surface area contributed by atoms with Crippen LogP contribution in [0.5, 0.6) is 0 Å². The van der Waals surface area contributed by atoms with E-state index in [9.17, 15) is 9.59 Å². The predicted octanol–water partition coefficient (Wildman–Crippen LogP) is 3.15. The van der Waals surface area contributed by atoms with Crippen molar-refractivity contribution in [2.45, 2.75) is 19.8 Å². The molecule has 1 atom stereocenters. The molecule has 2 N–H and O–H groups in total. The summed E-state index contributed by atoms with van der Waals surface area (Å²) in [5, 5.41) is 0. The molecule has 2 aromatic carbocycles. The summed E-state index contributed by atoms with van der Waals surface area (Å²) in [7, 11) is 1.76. The lowest BCUT2D eigenvalue weighted by atomic mass is 9.97. The molecule has 5 heteroatoms. The summed E-state index contributed by atoms with van der Waals surface area (Å²) in [6.45, 7) is 3.74. The second-order valence-electron chi connectivity index (χ2n) is 7.20. The third-order valence-corrected chi connectivity index (χ3v) is 5.33. The zero-order valence-corrected chi connectivity index (χ0v) is 16.0. The molecule has 2 aromatic rings. The van der Waals surface area contributed by atoms with Gasteiger partial charge < -0.3 is 15.5 Å². The van der Waals surface area contributed by atoms with Gasteiger partial charge in [-0.15, -0.1) is 0 Å². The standard InChI is InChI=1S/C22H27N3O2/c1-16(26)24(2)21-11-9-19(10-12-21)18-5-7-20(8-6-18)22(27)25-13-3-4-17(14-23)15-25/h5-12,17H,3-4,13-15,23H2,1-2H3. The van der Waals surface area contributed by atoms with Crippen LogP contribution in [0.4, 0.5) is 5.69 Å². The molecule has 1 unspecified atom stereocenters. The molecule has 0 bridgehead atoms. The van der Waals surface area contributed by atoms with Crippen LogP contribution in [0.25, 0.3) is 11.1 Å². The molecule has 0 aromatic heterocycles. The van der Waals surface area contributed by atoms with Crippen LogP contribution >= 0.6 is 0 Å². The summed E-state index contributed by atoms with van der Waals surface area (Å²) < 4.78 is 0. The summed E-state index contributed by atoms with van der Waals surface area (Å²) >= 11 is 0. The molecule has 0 aliphatic carbocycles. The monoisotopic (exact) mass is 365 g/mol. The third kappa shape index (κ3) is 4.37. The summed E-state index contributed by atoms with van der Waals surface area (Å²) in [6.07, 6.45) is 2.13. The quantitative estimate of drug-likeness (QED) is 0.905. The summed E-state index contributed by atoms with van der Waals surface area (Å²) in [5.41, 5.74) is 9.44. The van der Waals surface area contributed by atoms with E-state index < -0.39 is 0 Å². The fourth-order valence-corrected chi connectivity index (χ4v) is 3.49. The van der Waals surface area contributed by atoms with Crippen molar-refractivity contribution < 1.29 is 9.59 Å². The summed E-state index contributed by atoms with van der Waals surface area (Å²) in [6, 6.07) is 15.6. The molecule has 2 amide bonds. The highest BCUT2D eigenvalue weighted by Gasteiger charge is 2.23. The largest absolute Gasteiger partial charge is 0.338 e. The lowest BCUT2D eigenvalue weighted by molar-refractivity contribution is -0.116. The van der Waals surface area contributed by atoms with Gasteiger partial charge in [0.25, 0.3) is 5.91 Å². The molecule has 3 rings (SSSR count).